The quantitative estimate of drug-likeness (QED) is 0.431. The Kier molecular flexibility index (Phi) is 6.74. The number of aromatic nitrogens is 3. The highest BCUT2D eigenvalue weighted by molar-refractivity contribution is 6.04. The third-order valence-corrected chi connectivity index (χ3v) is 6.29. The summed E-state index contributed by atoms with van der Waals surface area (Å²) < 4.78 is 17.7. The van der Waals surface area contributed by atoms with Crippen LogP contribution < -0.4 is 14.8 Å². The number of hydrogen-bond acceptors (Lipinski definition) is 7. The molecule has 0 radical (unpaired) electrons. The molecule has 0 saturated carbocycles. The Hall–Kier alpha value is -4.44. The summed E-state index contributed by atoms with van der Waals surface area (Å²) in [7, 11) is 3.16. The van der Waals surface area contributed by atoms with E-state index in [2.05, 4.69) is 15.4 Å². The molecule has 5 rings (SSSR count). The van der Waals surface area contributed by atoms with Gasteiger partial charge in [0.15, 0.2) is 22.8 Å². The molecule has 1 aliphatic heterocycles. The highest BCUT2D eigenvalue weighted by Gasteiger charge is 2.20. The van der Waals surface area contributed by atoms with Crippen molar-refractivity contribution in [1.29, 1.82) is 0 Å². The maximum Gasteiger partial charge on any atom is 0.276 e. The number of ether oxygens (including phenoxy) is 3. The van der Waals surface area contributed by atoms with Gasteiger partial charge in [-0.1, -0.05) is 0 Å². The molecular formula is C27H27N5O5. The fraction of sp³-hybridized carbons (Fsp3) is 0.259. The third-order valence-electron chi connectivity index (χ3n) is 6.29. The molecule has 0 unspecified atom stereocenters. The number of aryl methyl sites for hydroxylation is 1. The summed E-state index contributed by atoms with van der Waals surface area (Å²) in [4.78, 5) is 32.0. The summed E-state index contributed by atoms with van der Waals surface area (Å²) in [5.74, 6) is 0.781. The van der Waals surface area contributed by atoms with Gasteiger partial charge in [0.1, 0.15) is 0 Å². The normalized spacial score (nSPS) is 13.4. The molecule has 1 fully saturated rings. The maximum absolute atomic E-state index is 13.1. The Morgan fingerprint density at radius 3 is 2.49 bits per heavy atom. The van der Waals surface area contributed by atoms with Crippen LogP contribution in [0.2, 0.25) is 0 Å². The summed E-state index contributed by atoms with van der Waals surface area (Å²) in [6.45, 7) is 4.08. The molecule has 0 bridgehead atoms. The zero-order chi connectivity index (χ0) is 25.9. The maximum atomic E-state index is 13.1. The zero-order valence-corrected chi connectivity index (χ0v) is 20.9. The number of nitrogens with zero attached hydrogens (tertiary/aromatic N) is 4. The van der Waals surface area contributed by atoms with Crippen LogP contribution in [0.25, 0.3) is 16.9 Å². The second-order valence-corrected chi connectivity index (χ2v) is 8.59. The molecule has 1 aliphatic rings. The molecule has 2 aromatic heterocycles. The van der Waals surface area contributed by atoms with Crippen molar-refractivity contribution in [2.75, 3.05) is 45.8 Å². The van der Waals surface area contributed by atoms with Crippen LogP contribution in [0.5, 0.6) is 11.5 Å². The second-order valence-electron chi connectivity index (χ2n) is 8.59. The molecule has 0 spiro atoms. The third kappa shape index (κ3) is 4.83. The topological polar surface area (TPSA) is 107 Å². The summed E-state index contributed by atoms with van der Waals surface area (Å²) >= 11 is 0. The van der Waals surface area contributed by atoms with Gasteiger partial charge in [-0.15, -0.1) is 0 Å². The van der Waals surface area contributed by atoms with Crippen molar-refractivity contribution in [2.45, 2.75) is 6.92 Å². The summed E-state index contributed by atoms with van der Waals surface area (Å²) in [6, 6.07) is 14.2. The van der Waals surface area contributed by atoms with Crippen LogP contribution in [0.4, 0.5) is 5.69 Å². The molecule has 0 aliphatic carbocycles. The molecule has 3 heterocycles. The number of amides is 2. The van der Waals surface area contributed by atoms with Gasteiger partial charge in [-0.3, -0.25) is 9.59 Å². The van der Waals surface area contributed by atoms with Crippen LogP contribution in [-0.2, 0) is 4.74 Å². The summed E-state index contributed by atoms with van der Waals surface area (Å²) in [5.41, 5.74) is 4.28. The Morgan fingerprint density at radius 2 is 1.76 bits per heavy atom. The number of anilines is 1. The second kappa shape index (κ2) is 10.3. The van der Waals surface area contributed by atoms with Crippen LogP contribution in [0.15, 0.2) is 54.7 Å². The van der Waals surface area contributed by atoms with Gasteiger partial charge < -0.3 is 24.4 Å². The molecule has 37 heavy (non-hydrogen) atoms. The average Bonchev–Trinajstić information content (AvgIpc) is 3.38. The van der Waals surface area contributed by atoms with Crippen molar-refractivity contribution in [1.82, 2.24) is 19.5 Å². The number of carbonyl (C=O) groups is 2. The van der Waals surface area contributed by atoms with Gasteiger partial charge in [-0.2, -0.15) is 5.10 Å². The number of carbonyl (C=O) groups excluding carboxylic acids is 2. The number of hydrogen-bond donors (Lipinski definition) is 1. The largest absolute Gasteiger partial charge is 0.493 e. The van der Waals surface area contributed by atoms with Crippen LogP contribution in [0, 0.1) is 6.92 Å². The van der Waals surface area contributed by atoms with E-state index in [1.54, 1.807) is 54.1 Å². The SMILES string of the molecule is COc1ccc(-c2ccnc3cc(C(=O)Nc4ccc(C(=O)N5CCOCC5)cc4C)nn23)cc1OC. The number of fused-ring (bicyclic) bond motifs is 1. The predicted molar refractivity (Wildman–Crippen MR) is 137 cm³/mol. The Morgan fingerprint density at radius 1 is 0.973 bits per heavy atom. The van der Waals surface area contributed by atoms with Crippen molar-refractivity contribution in [3.63, 3.8) is 0 Å². The molecule has 1 saturated heterocycles. The minimum absolute atomic E-state index is 0.0432. The zero-order valence-electron chi connectivity index (χ0n) is 20.9. The lowest BCUT2D eigenvalue weighted by Gasteiger charge is -2.27. The fourth-order valence-corrected chi connectivity index (χ4v) is 4.29. The van der Waals surface area contributed by atoms with Crippen molar-refractivity contribution >= 4 is 23.1 Å². The average molecular weight is 502 g/mol. The first-order valence-corrected chi connectivity index (χ1v) is 11.8. The van der Waals surface area contributed by atoms with E-state index in [9.17, 15) is 9.59 Å². The Balaban J connectivity index is 1.38. The molecule has 2 amide bonds. The molecule has 0 atom stereocenters. The van der Waals surface area contributed by atoms with Crippen molar-refractivity contribution in [2.24, 2.45) is 0 Å². The first kappa shape index (κ1) is 24.3. The van der Waals surface area contributed by atoms with E-state index in [1.165, 1.54) is 0 Å². The van der Waals surface area contributed by atoms with E-state index < -0.39 is 0 Å². The number of rotatable bonds is 6. The van der Waals surface area contributed by atoms with Crippen LogP contribution in [-0.4, -0.2) is 71.8 Å². The lowest BCUT2D eigenvalue weighted by Crippen LogP contribution is -2.40. The molecule has 1 N–H and O–H groups in total. The minimum atomic E-state index is -0.376. The highest BCUT2D eigenvalue weighted by Crippen LogP contribution is 2.32. The van der Waals surface area contributed by atoms with Crippen molar-refractivity contribution < 1.29 is 23.8 Å². The predicted octanol–water partition coefficient (Wildman–Crippen LogP) is 3.45. The molecule has 190 valence electrons. The molecule has 10 heteroatoms. The minimum Gasteiger partial charge on any atom is -0.493 e. The molecular weight excluding hydrogens is 474 g/mol. The van der Waals surface area contributed by atoms with E-state index in [1.807, 2.05) is 31.2 Å². The van der Waals surface area contributed by atoms with Gasteiger partial charge in [-0.05, 0) is 55.0 Å². The summed E-state index contributed by atoms with van der Waals surface area (Å²) in [6.07, 6.45) is 1.67. The van der Waals surface area contributed by atoms with Crippen LogP contribution >= 0.6 is 0 Å². The van der Waals surface area contributed by atoms with Crippen molar-refractivity contribution in [3.8, 4) is 22.8 Å². The number of benzene rings is 2. The van der Waals surface area contributed by atoms with E-state index in [-0.39, 0.29) is 17.5 Å². The molecule has 4 aromatic rings. The molecule has 2 aromatic carbocycles. The van der Waals surface area contributed by atoms with Crippen LogP contribution in [0.3, 0.4) is 0 Å². The first-order valence-electron chi connectivity index (χ1n) is 11.8. The van der Waals surface area contributed by atoms with Gasteiger partial charge >= 0.3 is 0 Å². The Labute approximate surface area is 213 Å². The molecule has 10 nitrogen and oxygen atoms in total. The first-order chi connectivity index (χ1) is 18.0. The van der Waals surface area contributed by atoms with Gasteiger partial charge in [0.25, 0.3) is 11.8 Å². The lowest BCUT2D eigenvalue weighted by molar-refractivity contribution is 0.0303. The number of methoxy groups -OCH3 is 2. The van der Waals surface area contributed by atoms with E-state index in [4.69, 9.17) is 14.2 Å². The van der Waals surface area contributed by atoms with Crippen LogP contribution in [0.1, 0.15) is 26.4 Å². The summed E-state index contributed by atoms with van der Waals surface area (Å²) in [5, 5.41) is 7.42. The smallest absolute Gasteiger partial charge is 0.276 e. The Bertz CT molecular complexity index is 1480. The van der Waals surface area contributed by atoms with Gasteiger partial charge in [0, 0.05) is 42.2 Å². The van der Waals surface area contributed by atoms with Gasteiger partial charge in [0.2, 0.25) is 0 Å². The van der Waals surface area contributed by atoms with E-state index >= 15 is 0 Å². The lowest BCUT2D eigenvalue weighted by atomic mass is 10.1. The monoisotopic (exact) mass is 501 g/mol. The van der Waals surface area contributed by atoms with Gasteiger partial charge in [0.05, 0.1) is 33.1 Å². The van der Waals surface area contributed by atoms with Crippen molar-refractivity contribution in [3.05, 3.63) is 71.5 Å². The highest BCUT2D eigenvalue weighted by atomic mass is 16.5. The van der Waals surface area contributed by atoms with Gasteiger partial charge in [-0.25, -0.2) is 9.50 Å². The van der Waals surface area contributed by atoms with E-state index in [0.29, 0.717) is 54.7 Å². The number of morpholine rings is 1. The standard InChI is InChI=1S/C27H27N5O5/c1-17-14-19(27(34)31-10-12-37-13-11-31)4-6-20(17)29-26(33)21-16-25-28-9-8-22(32(25)30-21)18-5-7-23(35-2)24(15-18)36-3/h4-9,14-16H,10-13H2,1-3H3,(H,29,33). The fourth-order valence-electron chi connectivity index (χ4n) is 4.29. The van der Waals surface area contributed by atoms with E-state index in [0.717, 1.165) is 16.8 Å². The number of nitrogens with one attached hydrogen (secondary N) is 1.